The average molecular weight is 670 g/mol. The van der Waals surface area contributed by atoms with Gasteiger partial charge < -0.3 is 4.74 Å². The van der Waals surface area contributed by atoms with Gasteiger partial charge >= 0.3 is 5.97 Å². The van der Waals surface area contributed by atoms with Crippen LogP contribution in [-0.4, -0.2) is 17.3 Å². The molecule has 0 amide bonds. The molecule has 274 valence electrons. The molecule has 0 aliphatic carbocycles. The number of ether oxygens (including phenoxy) is 1. The highest BCUT2D eigenvalue weighted by atomic mass is 35.5. The first kappa shape index (κ1) is 45.4. The summed E-state index contributed by atoms with van der Waals surface area (Å²) in [5.41, 5.74) is 0. The van der Waals surface area contributed by atoms with E-state index in [0.29, 0.717) is 12.8 Å². The van der Waals surface area contributed by atoms with Gasteiger partial charge in [-0.3, -0.25) is 9.59 Å². The zero-order valence-electron chi connectivity index (χ0n) is 31.3. The SMILES string of the molecule is CCCCCCCCCCCCCCCCCCCCCC[C@@H](OC(=O)CCCCCCCCCCCCCCCCC)C(=O)Cl. The van der Waals surface area contributed by atoms with Crippen LogP contribution >= 0.6 is 11.6 Å². The largest absolute Gasteiger partial charge is 0.453 e. The molecule has 0 heterocycles. The van der Waals surface area contributed by atoms with E-state index in [9.17, 15) is 9.59 Å². The Labute approximate surface area is 293 Å². The minimum Gasteiger partial charge on any atom is -0.453 e. The van der Waals surface area contributed by atoms with Crippen molar-refractivity contribution in [1.29, 1.82) is 0 Å². The first-order valence-electron chi connectivity index (χ1n) is 21.0. The molecule has 0 N–H and O–H groups in total. The van der Waals surface area contributed by atoms with Gasteiger partial charge in [0.25, 0.3) is 5.24 Å². The second kappa shape index (κ2) is 38.9. The first-order valence-corrected chi connectivity index (χ1v) is 21.4. The molecule has 0 aromatic carbocycles. The van der Waals surface area contributed by atoms with Crippen molar-refractivity contribution in [2.24, 2.45) is 0 Å². The number of hydrogen-bond donors (Lipinski definition) is 0. The van der Waals surface area contributed by atoms with Crippen molar-refractivity contribution < 1.29 is 14.3 Å². The van der Waals surface area contributed by atoms with Gasteiger partial charge in [-0.25, -0.2) is 0 Å². The van der Waals surface area contributed by atoms with E-state index < -0.39 is 11.3 Å². The van der Waals surface area contributed by atoms with E-state index in [-0.39, 0.29) is 5.97 Å². The molecule has 4 heteroatoms. The summed E-state index contributed by atoms with van der Waals surface area (Å²) in [6.45, 7) is 4.57. The molecular weight excluding hydrogens is 588 g/mol. The molecule has 0 bridgehead atoms. The van der Waals surface area contributed by atoms with Crippen LogP contribution in [0.25, 0.3) is 0 Å². The number of carbonyl (C=O) groups excluding carboxylic acids is 2. The number of halogens is 1. The Kier molecular flexibility index (Phi) is 38.4. The molecule has 0 aliphatic rings. The van der Waals surface area contributed by atoms with Crippen LogP contribution < -0.4 is 0 Å². The number of unbranched alkanes of at least 4 members (excludes halogenated alkanes) is 33. The number of esters is 1. The first-order chi connectivity index (χ1) is 22.6. The molecule has 0 saturated heterocycles. The second-order valence-corrected chi connectivity index (χ2v) is 14.9. The predicted octanol–water partition coefficient (Wildman–Crippen LogP) is 15.1. The van der Waals surface area contributed by atoms with Gasteiger partial charge in [0.15, 0.2) is 6.10 Å². The van der Waals surface area contributed by atoms with Crippen molar-refractivity contribution in [3.8, 4) is 0 Å². The fourth-order valence-corrected chi connectivity index (χ4v) is 6.82. The number of rotatable bonds is 39. The highest BCUT2D eigenvalue weighted by Crippen LogP contribution is 2.18. The van der Waals surface area contributed by atoms with Gasteiger partial charge in [-0.1, -0.05) is 226 Å². The quantitative estimate of drug-likeness (QED) is 0.0372. The fraction of sp³-hybridized carbons (Fsp3) is 0.952. The summed E-state index contributed by atoms with van der Waals surface area (Å²) in [5, 5.41) is -0.525. The summed E-state index contributed by atoms with van der Waals surface area (Å²) in [4.78, 5) is 24.1. The lowest BCUT2D eigenvalue weighted by molar-refractivity contribution is -0.153. The third kappa shape index (κ3) is 36.3. The van der Waals surface area contributed by atoms with Crippen LogP contribution in [0.4, 0.5) is 0 Å². The van der Waals surface area contributed by atoms with Gasteiger partial charge in [-0.2, -0.15) is 0 Å². The van der Waals surface area contributed by atoms with Crippen molar-refractivity contribution in [3.63, 3.8) is 0 Å². The van der Waals surface area contributed by atoms with Gasteiger partial charge in [0, 0.05) is 6.42 Å². The Balaban J connectivity index is 3.47. The maximum atomic E-state index is 12.3. The molecule has 0 rings (SSSR count). The predicted molar refractivity (Wildman–Crippen MR) is 203 cm³/mol. The smallest absolute Gasteiger partial charge is 0.306 e. The Hall–Kier alpha value is -0.570. The van der Waals surface area contributed by atoms with Crippen LogP contribution in [0.3, 0.4) is 0 Å². The minimum absolute atomic E-state index is 0.262. The van der Waals surface area contributed by atoms with Crippen molar-refractivity contribution in [2.45, 2.75) is 258 Å². The lowest BCUT2D eigenvalue weighted by Gasteiger charge is -2.14. The van der Waals surface area contributed by atoms with E-state index in [1.165, 1.54) is 199 Å². The molecule has 0 unspecified atom stereocenters. The van der Waals surface area contributed by atoms with Gasteiger partial charge in [0.05, 0.1) is 0 Å². The van der Waals surface area contributed by atoms with Crippen LogP contribution in [-0.2, 0) is 14.3 Å². The molecule has 0 fully saturated rings. The molecule has 0 aliphatic heterocycles. The highest BCUT2D eigenvalue weighted by Gasteiger charge is 2.20. The molecule has 0 aromatic rings. The maximum Gasteiger partial charge on any atom is 0.306 e. The minimum atomic E-state index is -0.763. The third-order valence-corrected chi connectivity index (χ3v) is 10.1. The van der Waals surface area contributed by atoms with Crippen molar-refractivity contribution in [1.82, 2.24) is 0 Å². The van der Waals surface area contributed by atoms with E-state index >= 15 is 0 Å². The van der Waals surface area contributed by atoms with E-state index in [0.717, 1.165) is 25.7 Å². The lowest BCUT2D eigenvalue weighted by atomic mass is 10.0. The molecular formula is C42H81ClO3. The average Bonchev–Trinajstić information content (AvgIpc) is 3.05. The Morgan fingerprint density at radius 2 is 0.630 bits per heavy atom. The fourth-order valence-electron chi connectivity index (χ4n) is 6.66. The second-order valence-electron chi connectivity index (χ2n) is 14.5. The lowest BCUT2D eigenvalue weighted by Crippen LogP contribution is -2.24. The third-order valence-electron chi connectivity index (χ3n) is 9.83. The molecule has 0 aromatic heterocycles. The van der Waals surface area contributed by atoms with Crippen LogP contribution in [0.2, 0.25) is 0 Å². The monoisotopic (exact) mass is 669 g/mol. The summed E-state index contributed by atoms with van der Waals surface area (Å²) in [6.07, 6.45) is 46.7. The standard InChI is InChI=1S/C42H81ClO3/c1-3-5-7-9-11-13-15-17-19-20-21-22-23-25-26-28-30-32-34-36-38-40(42(43)45)46-41(44)39-37-35-33-31-29-27-24-18-16-14-12-10-8-6-4-2/h40H,3-39H2,1-2H3/t40-/m1/s1. The summed E-state index contributed by atoms with van der Waals surface area (Å²) in [6, 6.07) is 0. The van der Waals surface area contributed by atoms with Gasteiger partial charge in [-0.05, 0) is 30.9 Å². The maximum absolute atomic E-state index is 12.3. The zero-order chi connectivity index (χ0) is 33.6. The molecule has 0 radical (unpaired) electrons. The van der Waals surface area contributed by atoms with Crippen LogP contribution in [0.1, 0.15) is 251 Å². The van der Waals surface area contributed by atoms with Gasteiger partial charge in [0.2, 0.25) is 0 Å². The molecule has 0 spiro atoms. The van der Waals surface area contributed by atoms with Gasteiger partial charge in [0.1, 0.15) is 0 Å². The van der Waals surface area contributed by atoms with Crippen LogP contribution in [0.15, 0.2) is 0 Å². The number of carbonyl (C=O) groups is 2. The summed E-state index contributed by atoms with van der Waals surface area (Å²) in [5.74, 6) is -0.262. The topological polar surface area (TPSA) is 43.4 Å². The van der Waals surface area contributed by atoms with Crippen LogP contribution in [0.5, 0.6) is 0 Å². The zero-order valence-corrected chi connectivity index (χ0v) is 32.1. The molecule has 46 heavy (non-hydrogen) atoms. The normalized spacial score (nSPS) is 12.1. The highest BCUT2D eigenvalue weighted by molar-refractivity contribution is 6.64. The Bertz CT molecular complexity index is 622. The molecule has 1 atom stereocenters. The van der Waals surface area contributed by atoms with Crippen molar-refractivity contribution in [2.75, 3.05) is 0 Å². The van der Waals surface area contributed by atoms with E-state index in [1.54, 1.807) is 0 Å². The van der Waals surface area contributed by atoms with Crippen molar-refractivity contribution in [3.05, 3.63) is 0 Å². The van der Waals surface area contributed by atoms with E-state index in [2.05, 4.69) is 13.8 Å². The Morgan fingerprint density at radius 1 is 0.391 bits per heavy atom. The number of hydrogen-bond acceptors (Lipinski definition) is 3. The van der Waals surface area contributed by atoms with E-state index in [4.69, 9.17) is 16.3 Å². The van der Waals surface area contributed by atoms with Crippen LogP contribution in [0, 0.1) is 0 Å². The van der Waals surface area contributed by atoms with Crippen molar-refractivity contribution >= 4 is 22.8 Å². The summed E-state index contributed by atoms with van der Waals surface area (Å²) < 4.78 is 5.45. The summed E-state index contributed by atoms with van der Waals surface area (Å²) in [7, 11) is 0. The van der Waals surface area contributed by atoms with E-state index in [1.807, 2.05) is 0 Å². The Morgan fingerprint density at radius 3 is 0.891 bits per heavy atom. The summed E-state index contributed by atoms with van der Waals surface area (Å²) >= 11 is 5.76. The molecule has 0 saturated carbocycles. The molecule has 3 nitrogen and oxygen atoms in total. The van der Waals surface area contributed by atoms with Gasteiger partial charge in [-0.15, -0.1) is 0 Å².